The Balaban J connectivity index is 4.96. The summed E-state index contributed by atoms with van der Waals surface area (Å²) >= 11 is 0. The molecular formula is C15H24O2. The topological polar surface area (TPSA) is 26.3 Å². The van der Waals surface area contributed by atoms with Crippen LogP contribution in [0.2, 0.25) is 0 Å². The third-order valence-corrected chi connectivity index (χ3v) is 2.59. The van der Waals surface area contributed by atoms with Crippen LogP contribution in [0.25, 0.3) is 0 Å². The molecule has 0 atom stereocenters. The minimum Gasteiger partial charge on any atom is -0.460 e. The summed E-state index contributed by atoms with van der Waals surface area (Å²) in [6.07, 6.45) is 6.24. The second-order valence-corrected chi connectivity index (χ2v) is 5.48. The van der Waals surface area contributed by atoms with E-state index in [1.54, 1.807) is 6.08 Å². The molecule has 0 spiro atoms. The monoisotopic (exact) mass is 236 g/mol. The van der Waals surface area contributed by atoms with Gasteiger partial charge in [-0.05, 0) is 31.3 Å². The molecule has 0 radical (unpaired) electrons. The number of carbonyl (C=O) groups excluding carboxylic acids is 1. The maximum Gasteiger partial charge on any atom is 0.303 e. The summed E-state index contributed by atoms with van der Waals surface area (Å²) in [6.45, 7) is 17.0. The second-order valence-electron chi connectivity index (χ2n) is 5.48. The molecule has 0 amide bonds. The highest BCUT2D eigenvalue weighted by Gasteiger charge is 2.32. The minimum atomic E-state index is -0.487. The van der Waals surface area contributed by atoms with Crippen molar-refractivity contribution in [3.63, 3.8) is 0 Å². The molecule has 0 N–H and O–H groups in total. The predicted molar refractivity (Wildman–Crippen MR) is 72.7 cm³/mol. The summed E-state index contributed by atoms with van der Waals surface area (Å²) in [7, 11) is 0. The summed E-state index contributed by atoms with van der Waals surface area (Å²) in [5, 5.41) is 0. The van der Waals surface area contributed by atoms with Crippen LogP contribution in [0.3, 0.4) is 0 Å². The summed E-state index contributed by atoms with van der Waals surface area (Å²) in [5.41, 5.74) is 0.487. The standard InChI is InChI=1S/C15H24O2/c1-8-10-13(9-2)14(4,5)11-15(6,7)17-12(3)16/h8-10H,1-2,11H2,3-7H3/b13-10+. The van der Waals surface area contributed by atoms with Crippen LogP contribution >= 0.6 is 0 Å². The SMILES string of the molecule is C=C/C=C(\C=C)C(C)(C)CC(C)(C)OC(C)=O. The maximum atomic E-state index is 11.0. The fraction of sp³-hybridized carbons (Fsp3) is 0.533. The van der Waals surface area contributed by atoms with Gasteiger partial charge in [0, 0.05) is 6.92 Å². The van der Waals surface area contributed by atoms with Gasteiger partial charge < -0.3 is 4.74 Å². The van der Waals surface area contributed by atoms with Crippen molar-refractivity contribution in [1.82, 2.24) is 0 Å². The molecule has 2 nitrogen and oxygen atoms in total. The van der Waals surface area contributed by atoms with Crippen LogP contribution < -0.4 is 0 Å². The Morgan fingerprint density at radius 3 is 2.12 bits per heavy atom. The molecule has 0 aromatic carbocycles. The van der Waals surface area contributed by atoms with Crippen molar-refractivity contribution < 1.29 is 9.53 Å². The molecule has 2 heteroatoms. The second kappa shape index (κ2) is 5.85. The largest absolute Gasteiger partial charge is 0.460 e. The van der Waals surface area contributed by atoms with E-state index < -0.39 is 5.60 Å². The Morgan fingerprint density at radius 2 is 1.76 bits per heavy atom. The van der Waals surface area contributed by atoms with Crippen molar-refractivity contribution >= 4 is 5.97 Å². The van der Waals surface area contributed by atoms with Crippen LogP contribution in [0, 0.1) is 5.41 Å². The number of carbonyl (C=O) groups is 1. The van der Waals surface area contributed by atoms with Gasteiger partial charge in [-0.3, -0.25) is 4.79 Å². The van der Waals surface area contributed by atoms with Crippen molar-refractivity contribution in [2.45, 2.75) is 46.6 Å². The van der Waals surface area contributed by atoms with E-state index in [9.17, 15) is 4.79 Å². The van der Waals surface area contributed by atoms with Crippen LogP contribution in [-0.4, -0.2) is 11.6 Å². The Morgan fingerprint density at radius 1 is 1.24 bits per heavy atom. The predicted octanol–water partition coefficient (Wildman–Crippen LogP) is 4.04. The van der Waals surface area contributed by atoms with E-state index >= 15 is 0 Å². The molecule has 0 unspecified atom stereocenters. The first-order chi connectivity index (χ1) is 7.64. The Bertz CT molecular complexity index is 333. The van der Waals surface area contributed by atoms with Gasteiger partial charge in [-0.25, -0.2) is 0 Å². The smallest absolute Gasteiger partial charge is 0.303 e. The third kappa shape index (κ3) is 5.53. The lowest BCUT2D eigenvalue weighted by Gasteiger charge is -2.35. The van der Waals surface area contributed by atoms with Gasteiger partial charge in [0.1, 0.15) is 5.60 Å². The van der Waals surface area contributed by atoms with Gasteiger partial charge in [-0.15, -0.1) is 0 Å². The lowest BCUT2D eigenvalue weighted by molar-refractivity contribution is -0.155. The first-order valence-corrected chi connectivity index (χ1v) is 5.80. The first kappa shape index (κ1) is 15.7. The molecule has 0 aliphatic carbocycles. The zero-order chi connectivity index (χ0) is 13.7. The van der Waals surface area contributed by atoms with Crippen molar-refractivity contribution in [1.29, 1.82) is 0 Å². The molecule has 0 rings (SSSR count). The highest BCUT2D eigenvalue weighted by Crippen LogP contribution is 2.37. The lowest BCUT2D eigenvalue weighted by Crippen LogP contribution is -2.33. The Hall–Kier alpha value is -1.31. The number of hydrogen-bond donors (Lipinski definition) is 0. The maximum absolute atomic E-state index is 11.0. The summed E-state index contributed by atoms with van der Waals surface area (Å²) in [6, 6.07) is 0. The van der Waals surface area contributed by atoms with Crippen LogP contribution in [0.15, 0.2) is 37.0 Å². The van der Waals surface area contributed by atoms with E-state index in [1.165, 1.54) is 6.92 Å². The molecule has 0 aromatic rings. The van der Waals surface area contributed by atoms with Gasteiger partial charge in [0.15, 0.2) is 0 Å². The van der Waals surface area contributed by atoms with Crippen molar-refractivity contribution in [2.24, 2.45) is 5.41 Å². The molecule has 0 saturated carbocycles. The molecule has 0 aromatic heterocycles. The van der Waals surface area contributed by atoms with Gasteiger partial charge in [-0.2, -0.15) is 0 Å². The quantitative estimate of drug-likeness (QED) is 0.514. The van der Waals surface area contributed by atoms with E-state index in [4.69, 9.17) is 4.74 Å². The number of rotatable bonds is 6. The summed E-state index contributed by atoms with van der Waals surface area (Å²) < 4.78 is 5.32. The normalized spacial score (nSPS) is 13.1. The number of ether oxygens (including phenoxy) is 1. The van der Waals surface area contributed by atoms with Crippen LogP contribution in [0.1, 0.15) is 41.0 Å². The third-order valence-electron chi connectivity index (χ3n) is 2.59. The van der Waals surface area contributed by atoms with E-state index in [0.717, 1.165) is 12.0 Å². The molecule has 0 heterocycles. The first-order valence-electron chi connectivity index (χ1n) is 5.80. The molecule has 0 aliphatic heterocycles. The molecule has 0 bridgehead atoms. The van der Waals surface area contributed by atoms with Crippen LogP contribution in [0.4, 0.5) is 0 Å². The molecule has 17 heavy (non-hydrogen) atoms. The van der Waals surface area contributed by atoms with E-state index in [1.807, 2.05) is 26.0 Å². The van der Waals surface area contributed by atoms with Gasteiger partial charge in [0.25, 0.3) is 0 Å². The molecule has 0 aliphatic rings. The van der Waals surface area contributed by atoms with Crippen molar-refractivity contribution in [3.05, 3.63) is 37.0 Å². The van der Waals surface area contributed by atoms with E-state index in [2.05, 4.69) is 27.0 Å². The van der Waals surface area contributed by atoms with Crippen LogP contribution in [0.5, 0.6) is 0 Å². The Labute approximate surface area is 105 Å². The van der Waals surface area contributed by atoms with Crippen LogP contribution in [-0.2, 0) is 9.53 Å². The minimum absolute atomic E-state index is 0.116. The average Bonchev–Trinajstić information content (AvgIpc) is 2.09. The molecule has 0 saturated heterocycles. The van der Waals surface area contributed by atoms with Gasteiger partial charge in [0.2, 0.25) is 0 Å². The van der Waals surface area contributed by atoms with Crippen molar-refractivity contribution in [3.8, 4) is 0 Å². The number of esters is 1. The lowest BCUT2D eigenvalue weighted by atomic mass is 9.75. The Kier molecular flexibility index (Phi) is 5.40. The van der Waals surface area contributed by atoms with Gasteiger partial charge >= 0.3 is 5.97 Å². The fourth-order valence-corrected chi connectivity index (χ4v) is 2.29. The molecule has 0 fully saturated rings. The molecular weight excluding hydrogens is 212 g/mol. The highest BCUT2D eigenvalue weighted by molar-refractivity contribution is 5.66. The van der Waals surface area contributed by atoms with Crippen molar-refractivity contribution in [2.75, 3.05) is 0 Å². The summed E-state index contributed by atoms with van der Waals surface area (Å²) in [4.78, 5) is 11.0. The van der Waals surface area contributed by atoms with E-state index in [-0.39, 0.29) is 11.4 Å². The summed E-state index contributed by atoms with van der Waals surface area (Å²) in [5.74, 6) is -0.251. The molecule has 96 valence electrons. The highest BCUT2D eigenvalue weighted by atomic mass is 16.6. The number of allylic oxidation sites excluding steroid dienone is 4. The zero-order valence-corrected chi connectivity index (χ0v) is 11.7. The average molecular weight is 236 g/mol. The van der Waals surface area contributed by atoms with Gasteiger partial charge in [0.05, 0.1) is 0 Å². The van der Waals surface area contributed by atoms with Gasteiger partial charge in [-0.1, -0.05) is 45.2 Å². The zero-order valence-electron chi connectivity index (χ0n) is 11.7. The number of hydrogen-bond acceptors (Lipinski definition) is 2. The fourth-order valence-electron chi connectivity index (χ4n) is 2.29. The van der Waals surface area contributed by atoms with E-state index in [0.29, 0.717) is 0 Å².